The summed E-state index contributed by atoms with van der Waals surface area (Å²) in [6, 6.07) is 15.6. The van der Waals surface area contributed by atoms with E-state index >= 15 is 0 Å². The lowest BCUT2D eigenvalue weighted by molar-refractivity contribution is -0.118. The summed E-state index contributed by atoms with van der Waals surface area (Å²) in [5.74, 6) is 0.981. The SMILES string of the molecule is CCn1c(SCC(=O)NCc2ccccc2Cl)nnc1-c1c[nH]c2ccccc12. The Morgan fingerprint density at radius 1 is 1.17 bits per heavy atom. The molecule has 0 aliphatic carbocycles. The Morgan fingerprint density at radius 3 is 2.79 bits per heavy atom. The molecule has 0 spiro atoms. The van der Waals surface area contributed by atoms with Crippen LogP contribution in [0.4, 0.5) is 0 Å². The van der Waals surface area contributed by atoms with Crippen molar-refractivity contribution in [2.75, 3.05) is 5.75 Å². The fourth-order valence-corrected chi connectivity index (χ4v) is 4.19. The average molecular weight is 426 g/mol. The summed E-state index contributed by atoms with van der Waals surface area (Å²) < 4.78 is 2.03. The number of fused-ring (bicyclic) bond motifs is 1. The van der Waals surface area contributed by atoms with E-state index in [1.807, 2.05) is 60.2 Å². The number of para-hydroxylation sites is 1. The lowest BCUT2D eigenvalue weighted by atomic mass is 10.1. The quantitative estimate of drug-likeness (QED) is 0.427. The van der Waals surface area contributed by atoms with Crippen LogP contribution in [0.25, 0.3) is 22.3 Å². The monoisotopic (exact) mass is 425 g/mol. The molecule has 0 aliphatic heterocycles. The first-order chi connectivity index (χ1) is 14.2. The minimum absolute atomic E-state index is 0.0748. The van der Waals surface area contributed by atoms with E-state index in [2.05, 4.69) is 26.6 Å². The van der Waals surface area contributed by atoms with Crippen molar-refractivity contribution in [2.24, 2.45) is 0 Å². The molecule has 148 valence electrons. The van der Waals surface area contributed by atoms with Crippen LogP contribution < -0.4 is 5.32 Å². The third-order valence-corrected chi connectivity index (χ3v) is 5.96. The summed E-state index contributed by atoms with van der Waals surface area (Å²) in [6.07, 6.45) is 1.95. The van der Waals surface area contributed by atoms with Crippen molar-refractivity contribution in [3.05, 3.63) is 65.3 Å². The van der Waals surface area contributed by atoms with Gasteiger partial charge in [0, 0.05) is 40.8 Å². The molecule has 2 heterocycles. The van der Waals surface area contributed by atoms with Crippen molar-refractivity contribution in [1.82, 2.24) is 25.1 Å². The lowest BCUT2D eigenvalue weighted by Gasteiger charge is -2.08. The van der Waals surface area contributed by atoms with Gasteiger partial charge in [0.1, 0.15) is 0 Å². The second-order valence-electron chi connectivity index (χ2n) is 6.46. The third-order valence-electron chi connectivity index (χ3n) is 4.63. The van der Waals surface area contributed by atoms with Crippen LogP contribution in [0.3, 0.4) is 0 Å². The van der Waals surface area contributed by atoms with Crippen molar-refractivity contribution in [1.29, 1.82) is 0 Å². The Bertz CT molecular complexity index is 1150. The van der Waals surface area contributed by atoms with Gasteiger partial charge in [-0.1, -0.05) is 59.8 Å². The fourth-order valence-electron chi connectivity index (χ4n) is 3.15. The zero-order valence-corrected chi connectivity index (χ0v) is 17.4. The van der Waals surface area contributed by atoms with E-state index in [1.54, 1.807) is 0 Å². The summed E-state index contributed by atoms with van der Waals surface area (Å²) in [5.41, 5.74) is 2.96. The number of carbonyl (C=O) groups is 1. The standard InChI is InChI=1S/C21H20ClN5OS/c1-2-27-20(16-12-23-18-10-6-4-8-15(16)18)25-26-21(27)29-13-19(28)24-11-14-7-3-5-9-17(14)22/h3-10,12,23H,2,11,13H2,1H3,(H,24,28). The van der Waals surface area contributed by atoms with Gasteiger partial charge in [-0.2, -0.15) is 0 Å². The van der Waals surface area contributed by atoms with Gasteiger partial charge < -0.3 is 14.9 Å². The second-order valence-corrected chi connectivity index (χ2v) is 7.80. The van der Waals surface area contributed by atoms with Crippen LogP contribution in [0.15, 0.2) is 59.9 Å². The molecule has 0 saturated heterocycles. The molecular weight excluding hydrogens is 406 g/mol. The molecule has 0 unspecified atom stereocenters. The van der Waals surface area contributed by atoms with Crippen LogP contribution in [-0.4, -0.2) is 31.4 Å². The van der Waals surface area contributed by atoms with Gasteiger partial charge in [-0.25, -0.2) is 0 Å². The average Bonchev–Trinajstić information content (AvgIpc) is 3.35. The van der Waals surface area contributed by atoms with Crippen LogP contribution in [0.1, 0.15) is 12.5 Å². The van der Waals surface area contributed by atoms with Crippen LogP contribution in [-0.2, 0) is 17.9 Å². The molecule has 0 atom stereocenters. The summed E-state index contributed by atoms with van der Waals surface area (Å²) in [4.78, 5) is 15.5. The molecule has 0 saturated carbocycles. The molecule has 2 N–H and O–H groups in total. The van der Waals surface area contributed by atoms with Crippen molar-refractivity contribution < 1.29 is 4.79 Å². The predicted molar refractivity (Wildman–Crippen MR) is 117 cm³/mol. The Balaban J connectivity index is 1.45. The number of rotatable bonds is 7. The van der Waals surface area contributed by atoms with Crippen molar-refractivity contribution in [3.8, 4) is 11.4 Å². The molecule has 8 heteroatoms. The molecule has 2 aromatic carbocycles. The lowest BCUT2D eigenvalue weighted by Crippen LogP contribution is -2.24. The van der Waals surface area contributed by atoms with Crippen molar-refractivity contribution in [3.63, 3.8) is 0 Å². The summed E-state index contributed by atoms with van der Waals surface area (Å²) >= 11 is 7.51. The maximum Gasteiger partial charge on any atom is 0.230 e. The number of amides is 1. The number of aromatic amines is 1. The van der Waals surface area contributed by atoms with Crippen molar-refractivity contribution in [2.45, 2.75) is 25.2 Å². The number of thioether (sulfide) groups is 1. The Kier molecular flexibility index (Phi) is 5.87. The second kappa shape index (κ2) is 8.71. The minimum atomic E-state index is -0.0748. The first kappa shape index (κ1) is 19.5. The van der Waals surface area contributed by atoms with Gasteiger partial charge in [0.05, 0.1) is 5.75 Å². The van der Waals surface area contributed by atoms with E-state index in [-0.39, 0.29) is 11.7 Å². The van der Waals surface area contributed by atoms with Gasteiger partial charge in [-0.15, -0.1) is 10.2 Å². The van der Waals surface area contributed by atoms with Gasteiger partial charge in [-0.05, 0) is 24.6 Å². The van der Waals surface area contributed by atoms with Gasteiger partial charge in [0.2, 0.25) is 5.91 Å². The molecule has 6 nitrogen and oxygen atoms in total. The number of halogens is 1. The smallest absolute Gasteiger partial charge is 0.230 e. The molecule has 4 aromatic rings. The number of nitrogens with one attached hydrogen (secondary N) is 2. The topological polar surface area (TPSA) is 75.6 Å². The van der Waals surface area contributed by atoms with Gasteiger partial charge >= 0.3 is 0 Å². The van der Waals surface area contributed by atoms with Gasteiger partial charge in [-0.3, -0.25) is 4.79 Å². The number of nitrogens with zero attached hydrogens (tertiary/aromatic N) is 3. The van der Waals surface area contributed by atoms with E-state index < -0.39 is 0 Å². The number of benzene rings is 2. The van der Waals surface area contributed by atoms with E-state index in [4.69, 9.17) is 11.6 Å². The zero-order chi connectivity index (χ0) is 20.2. The molecular formula is C21H20ClN5OS. The molecule has 1 amide bonds. The number of hydrogen-bond acceptors (Lipinski definition) is 4. The minimum Gasteiger partial charge on any atom is -0.360 e. The Labute approximate surface area is 177 Å². The number of H-pyrrole nitrogens is 1. The zero-order valence-electron chi connectivity index (χ0n) is 15.9. The Hall–Kier alpha value is -2.77. The van der Waals surface area contributed by atoms with E-state index in [1.165, 1.54) is 11.8 Å². The first-order valence-electron chi connectivity index (χ1n) is 9.30. The van der Waals surface area contributed by atoms with Gasteiger partial charge in [0.25, 0.3) is 0 Å². The molecule has 29 heavy (non-hydrogen) atoms. The van der Waals surface area contributed by atoms with Gasteiger partial charge in [0.15, 0.2) is 11.0 Å². The molecule has 2 aromatic heterocycles. The molecule has 0 radical (unpaired) electrons. The highest BCUT2D eigenvalue weighted by Gasteiger charge is 2.17. The molecule has 0 bridgehead atoms. The largest absolute Gasteiger partial charge is 0.360 e. The number of hydrogen-bond donors (Lipinski definition) is 2. The molecule has 0 fully saturated rings. The first-order valence-corrected chi connectivity index (χ1v) is 10.7. The van der Waals surface area contributed by atoms with Crippen LogP contribution in [0, 0.1) is 0 Å². The summed E-state index contributed by atoms with van der Waals surface area (Å²) in [7, 11) is 0. The predicted octanol–water partition coefficient (Wildman–Crippen LogP) is 4.51. The highest BCUT2D eigenvalue weighted by Crippen LogP contribution is 2.29. The highest BCUT2D eigenvalue weighted by molar-refractivity contribution is 7.99. The molecule has 4 rings (SSSR count). The Morgan fingerprint density at radius 2 is 1.97 bits per heavy atom. The maximum atomic E-state index is 12.3. The third kappa shape index (κ3) is 4.16. The normalized spacial score (nSPS) is 11.1. The maximum absolute atomic E-state index is 12.3. The number of carbonyl (C=O) groups excluding carboxylic acids is 1. The van der Waals surface area contributed by atoms with Crippen LogP contribution >= 0.6 is 23.4 Å². The highest BCUT2D eigenvalue weighted by atomic mass is 35.5. The van der Waals surface area contributed by atoms with E-state index in [0.29, 0.717) is 18.1 Å². The van der Waals surface area contributed by atoms with Crippen LogP contribution in [0.5, 0.6) is 0 Å². The van der Waals surface area contributed by atoms with Crippen molar-refractivity contribution >= 4 is 40.2 Å². The summed E-state index contributed by atoms with van der Waals surface area (Å²) in [5, 5.41) is 14.1. The molecule has 0 aliphatic rings. The summed E-state index contributed by atoms with van der Waals surface area (Å²) in [6.45, 7) is 3.16. The van der Waals surface area contributed by atoms with Crippen LogP contribution in [0.2, 0.25) is 5.02 Å². The van der Waals surface area contributed by atoms with E-state index in [9.17, 15) is 4.79 Å². The van der Waals surface area contributed by atoms with E-state index in [0.717, 1.165) is 33.0 Å². The fraction of sp³-hybridized carbons (Fsp3) is 0.190. The number of aromatic nitrogens is 4.